The van der Waals surface area contributed by atoms with Crippen LogP contribution >= 0.6 is 0 Å². The Labute approximate surface area is 102 Å². The minimum Gasteiger partial charge on any atom is -0.394 e. The number of aliphatic hydroxyl groups is 1. The van der Waals surface area contributed by atoms with Crippen molar-refractivity contribution < 1.29 is 9.84 Å². The van der Waals surface area contributed by atoms with E-state index in [-0.39, 0.29) is 18.9 Å². The number of aromatic nitrogens is 1. The quantitative estimate of drug-likeness (QED) is 0.859. The smallest absolute Gasteiger partial charge is 0.137 e. The van der Waals surface area contributed by atoms with E-state index in [9.17, 15) is 5.11 Å². The first kappa shape index (κ1) is 12.5. The molecule has 1 aliphatic heterocycles. The van der Waals surface area contributed by atoms with E-state index in [4.69, 9.17) is 4.74 Å². The molecule has 2 rings (SSSR count). The van der Waals surface area contributed by atoms with Crippen LogP contribution in [0, 0.1) is 5.92 Å². The van der Waals surface area contributed by atoms with Gasteiger partial charge in [-0.25, -0.2) is 0 Å². The molecule has 0 aliphatic carbocycles. The molecule has 2 atom stereocenters. The van der Waals surface area contributed by atoms with E-state index in [1.807, 2.05) is 12.1 Å². The zero-order chi connectivity index (χ0) is 12.3. The van der Waals surface area contributed by atoms with Crippen molar-refractivity contribution >= 4 is 0 Å². The molecular weight excluding hydrogens is 216 g/mol. The molecule has 2 unspecified atom stereocenters. The van der Waals surface area contributed by atoms with Crippen molar-refractivity contribution in [3.8, 4) is 0 Å². The fraction of sp³-hybridized carbons (Fsp3) is 0.615. The fourth-order valence-electron chi connectivity index (χ4n) is 2.23. The number of ether oxygens (including phenoxy) is 1. The number of aliphatic hydroxyl groups excluding tert-OH is 1. The molecule has 1 N–H and O–H groups in total. The Kier molecular flexibility index (Phi) is 4.10. The molecule has 1 aromatic rings. The van der Waals surface area contributed by atoms with Gasteiger partial charge < -0.3 is 9.84 Å². The van der Waals surface area contributed by atoms with Crippen LogP contribution in [-0.2, 0) is 4.74 Å². The van der Waals surface area contributed by atoms with Crippen LogP contribution in [0.1, 0.15) is 25.6 Å². The van der Waals surface area contributed by atoms with Crippen LogP contribution in [0.2, 0.25) is 0 Å². The molecular formula is C13H20N2O2. The van der Waals surface area contributed by atoms with Crippen LogP contribution in [-0.4, -0.2) is 40.8 Å². The van der Waals surface area contributed by atoms with Gasteiger partial charge in [-0.15, -0.1) is 0 Å². The summed E-state index contributed by atoms with van der Waals surface area (Å²) in [5.41, 5.74) is 1.11. The highest BCUT2D eigenvalue weighted by Gasteiger charge is 2.33. The van der Waals surface area contributed by atoms with Gasteiger partial charge in [0.15, 0.2) is 0 Å². The summed E-state index contributed by atoms with van der Waals surface area (Å²) in [5, 5.41) is 9.22. The first-order chi connectivity index (χ1) is 8.20. The lowest BCUT2D eigenvalue weighted by atomic mass is 10.1. The molecule has 17 heavy (non-hydrogen) atoms. The second kappa shape index (κ2) is 5.58. The Morgan fingerprint density at radius 3 is 2.76 bits per heavy atom. The van der Waals surface area contributed by atoms with Gasteiger partial charge in [0.2, 0.25) is 0 Å². The van der Waals surface area contributed by atoms with E-state index in [0.717, 1.165) is 18.7 Å². The molecule has 0 amide bonds. The van der Waals surface area contributed by atoms with E-state index in [1.165, 1.54) is 0 Å². The maximum atomic E-state index is 9.22. The van der Waals surface area contributed by atoms with Crippen molar-refractivity contribution in [2.75, 3.05) is 19.7 Å². The van der Waals surface area contributed by atoms with Crippen molar-refractivity contribution in [2.45, 2.75) is 26.2 Å². The van der Waals surface area contributed by atoms with Gasteiger partial charge in [0, 0.05) is 25.5 Å². The van der Waals surface area contributed by atoms with Crippen LogP contribution in [0.3, 0.4) is 0 Å². The second-order valence-electron chi connectivity index (χ2n) is 4.92. The molecule has 0 saturated carbocycles. The average molecular weight is 236 g/mol. The van der Waals surface area contributed by atoms with E-state index in [2.05, 4.69) is 23.7 Å². The first-order valence-electron chi connectivity index (χ1n) is 6.11. The number of nitrogens with zero attached hydrogens (tertiary/aromatic N) is 2. The maximum absolute atomic E-state index is 9.22. The van der Waals surface area contributed by atoms with Crippen molar-refractivity contribution in [3.63, 3.8) is 0 Å². The molecule has 2 heterocycles. The molecule has 4 nitrogen and oxygen atoms in total. The Hall–Kier alpha value is -0.970. The minimum atomic E-state index is -0.0769. The second-order valence-corrected chi connectivity index (χ2v) is 4.92. The summed E-state index contributed by atoms with van der Waals surface area (Å²) in [6.07, 6.45) is 3.43. The third-order valence-corrected chi connectivity index (χ3v) is 2.89. The monoisotopic (exact) mass is 236 g/mol. The van der Waals surface area contributed by atoms with Crippen molar-refractivity contribution in [2.24, 2.45) is 5.92 Å². The van der Waals surface area contributed by atoms with E-state index in [1.54, 1.807) is 12.4 Å². The predicted octanol–water partition coefficient (Wildman–Crippen LogP) is 1.43. The van der Waals surface area contributed by atoms with Gasteiger partial charge in [0.25, 0.3) is 0 Å². The fourth-order valence-corrected chi connectivity index (χ4v) is 2.23. The molecule has 94 valence electrons. The minimum absolute atomic E-state index is 0.0439. The molecule has 0 radical (unpaired) electrons. The van der Waals surface area contributed by atoms with Gasteiger partial charge >= 0.3 is 0 Å². The van der Waals surface area contributed by atoms with Crippen molar-refractivity contribution in [3.05, 3.63) is 30.1 Å². The largest absolute Gasteiger partial charge is 0.394 e. The number of hydrogen-bond acceptors (Lipinski definition) is 4. The van der Waals surface area contributed by atoms with Crippen LogP contribution < -0.4 is 0 Å². The summed E-state index contributed by atoms with van der Waals surface area (Å²) in [7, 11) is 0. The Morgan fingerprint density at radius 2 is 2.18 bits per heavy atom. The molecule has 1 aromatic heterocycles. The van der Waals surface area contributed by atoms with E-state index >= 15 is 0 Å². The lowest BCUT2D eigenvalue weighted by Gasteiger charge is -2.24. The van der Waals surface area contributed by atoms with E-state index in [0.29, 0.717) is 5.92 Å². The van der Waals surface area contributed by atoms with Gasteiger partial charge in [-0.3, -0.25) is 9.88 Å². The predicted molar refractivity (Wildman–Crippen MR) is 65.3 cm³/mol. The first-order valence-corrected chi connectivity index (χ1v) is 6.11. The van der Waals surface area contributed by atoms with Crippen LogP contribution in [0.15, 0.2) is 24.5 Å². The zero-order valence-corrected chi connectivity index (χ0v) is 10.4. The lowest BCUT2D eigenvalue weighted by Crippen LogP contribution is -2.29. The van der Waals surface area contributed by atoms with Crippen LogP contribution in [0.4, 0.5) is 0 Å². The van der Waals surface area contributed by atoms with E-state index < -0.39 is 0 Å². The zero-order valence-electron chi connectivity index (χ0n) is 10.4. The van der Waals surface area contributed by atoms with Crippen LogP contribution in [0.5, 0.6) is 0 Å². The SMILES string of the molecule is CC(C)CN1CC(CO)OC1c1ccncc1. The summed E-state index contributed by atoms with van der Waals surface area (Å²) in [5.74, 6) is 0.584. The summed E-state index contributed by atoms with van der Waals surface area (Å²) >= 11 is 0. The van der Waals surface area contributed by atoms with Gasteiger partial charge in [-0.1, -0.05) is 13.8 Å². The van der Waals surface area contributed by atoms with Gasteiger partial charge in [0.1, 0.15) is 6.23 Å². The van der Waals surface area contributed by atoms with Crippen molar-refractivity contribution in [1.82, 2.24) is 9.88 Å². The Bertz CT molecular complexity index is 343. The molecule has 1 saturated heterocycles. The normalized spacial score (nSPS) is 25.6. The van der Waals surface area contributed by atoms with Crippen LogP contribution in [0.25, 0.3) is 0 Å². The average Bonchev–Trinajstić information content (AvgIpc) is 2.72. The molecule has 1 fully saturated rings. The summed E-state index contributed by atoms with van der Waals surface area (Å²) in [6.45, 7) is 6.23. The van der Waals surface area contributed by atoms with Gasteiger partial charge in [-0.05, 0) is 23.6 Å². The van der Waals surface area contributed by atoms with Crippen molar-refractivity contribution in [1.29, 1.82) is 0 Å². The Morgan fingerprint density at radius 1 is 1.47 bits per heavy atom. The molecule has 0 spiro atoms. The molecule has 4 heteroatoms. The highest BCUT2D eigenvalue weighted by molar-refractivity contribution is 5.14. The topological polar surface area (TPSA) is 45.6 Å². The Balaban J connectivity index is 2.12. The number of pyridine rings is 1. The highest BCUT2D eigenvalue weighted by atomic mass is 16.5. The third-order valence-electron chi connectivity index (χ3n) is 2.89. The van der Waals surface area contributed by atoms with Gasteiger partial charge in [0.05, 0.1) is 12.7 Å². The summed E-state index contributed by atoms with van der Waals surface area (Å²) < 4.78 is 5.86. The maximum Gasteiger partial charge on any atom is 0.137 e. The summed E-state index contributed by atoms with van der Waals surface area (Å²) in [6, 6.07) is 3.94. The highest BCUT2D eigenvalue weighted by Crippen LogP contribution is 2.30. The molecule has 1 aliphatic rings. The lowest BCUT2D eigenvalue weighted by molar-refractivity contribution is -0.0219. The third kappa shape index (κ3) is 3.03. The van der Waals surface area contributed by atoms with Gasteiger partial charge in [-0.2, -0.15) is 0 Å². The standard InChI is InChI=1S/C13H20N2O2/c1-10(2)7-15-8-12(9-16)17-13(15)11-3-5-14-6-4-11/h3-6,10,12-13,16H,7-9H2,1-2H3. The molecule has 0 aromatic carbocycles. The molecule has 0 bridgehead atoms. The summed E-state index contributed by atoms with van der Waals surface area (Å²) in [4.78, 5) is 6.30. The number of hydrogen-bond donors (Lipinski definition) is 1. The number of rotatable bonds is 4.